The molecule has 0 aliphatic heterocycles. The molecular weight excluding hydrogens is 207 g/mol. The van der Waals surface area contributed by atoms with Crippen molar-refractivity contribution in [1.82, 2.24) is 9.55 Å². The number of benzene rings is 1. The highest BCUT2D eigenvalue weighted by molar-refractivity contribution is 5.30. The van der Waals surface area contributed by atoms with Crippen LogP contribution in [0.15, 0.2) is 30.6 Å². The summed E-state index contributed by atoms with van der Waals surface area (Å²) in [4.78, 5) is 4.10. The average Bonchev–Trinajstić information content (AvgIpc) is 2.67. The van der Waals surface area contributed by atoms with E-state index < -0.39 is 0 Å². The summed E-state index contributed by atoms with van der Waals surface area (Å²) in [7, 11) is 1.87. The van der Waals surface area contributed by atoms with Crippen LogP contribution < -0.4 is 4.74 Å². The van der Waals surface area contributed by atoms with Gasteiger partial charge in [-0.3, -0.25) is 0 Å². The topological polar surface area (TPSA) is 27.1 Å². The molecule has 4 heteroatoms. The summed E-state index contributed by atoms with van der Waals surface area (Å²) in [5.41, 5.74) is 0.581. The summed E-state index contributed by atoms with van der Waals surface area (Å²) in [6, 6.07) is 5.10. The number of hydrogen-bond acceptors (Lipinski definition) is 2. The molecule has 0 radical (unpaired) electrons. The third-order valence-corrected chi connectivity index (χ3v) is 2.43. The second kappa shape index (κ2) is 4.35. The summed E-state index contributed by atoms with van der Waals surface area (Å²) in [6.45, 7) is 1.98. The van der Waals surface area contributed by atoms with Crippen molar-refractivity contribution in [2.24, 2.45) is 7.05 Å². The number of aromatic nitrogens is 2. The van der Waals surface area contributed by atoms with E-state index in [1.165, 1.54) is 0 Å². The number of aryl methyl sites for hydroxylation is 2. The van der Waals surface area contributed by atoms with Gasteiger partial charge in [0.15, 0.2) is 11.6 Å². The van der Waals surface area contributed by atoms with E-state index in [0.29, 0.717) is 5.56 Å². The van der Waals surface area contributed by atoms with Gasteiger partial charge in [-0.15, -0.1) is 0 Å². The molecule has 0 amide bonds. The monoisotopic (exact) mass is 220 g/mol. The molecule has 16 heavy (non-hydrogen) atoms. The first kappa shape index (κ1) is 10.7. The molecule has 0 spiro atoms. The van der Waals surface area contributed by atoms with Crippen molar-refractivity contribution in [3.8, 4) is 5.75 Å². The molecule has 84 valence electrons. The van der Waals surface area contributed by atoms with E-state index in [1.54, 1.807) is 31.3 Å². The Kier molecular flexibility index (Phi) is 2.90. The Morgan fingerprint density at radius 2 is 2.25 bits per heavy atom. The summed E-state index contributed by atoms with van der Waals surface area (Å²) >= 11 is 0. The van der Waals surface area contributed by atoms with Crippen molar-refractivity contribution < 1.29 is 9.13 Å². The standard InChI is InChI=1S/C12H13FN2O/c1-9-4-3-5-10(12(9)13)16-8-11-14-6-7-15(11)2/h3-7H,8H2,1-2H3. The van der Waals surface area contributed by atoms with Gasteiger partial charge in [0, 0.05) is 19.4 Å². The van der Waals surface area contributed by atoms with E-state index in [0.717, 1.165) is 5.82 Å². The maximum absolute atomic E-state index is 13.6. The predicted octanol–water partition coefficient (Wildman–Crippen LogP) is 2.45. The Labute approximate surface area is 93.5 Å². The molecule has 0 unspecified atom stereocenters. The minimum atomic E-state index is -0.309. The zero-order chi connectivity index (χ0) is 11.5. The number of imidazole rings is 1. The van der Waals surface area contributed by atoms with Gasteiger partial charge in [0.25, 0.3) is 0 Å². The maximum atomic E-state index is 13.6. The summed E-state index contributed by atoms with van der Waals surface area (Å²) in [5, 5.41) is 0. The molecule has 0 aliphatic carbocycles. The van der Waals surface area contributed by atoms with E-state index in [1.807, 2.05) is 17.8 Å². The van der Waals surface area contributed by atoms with E-state index in [4.69, 9.17) is 4.74 Å². The zero-order valence-electron chi connectivity index (χ0n) is 9.27. The van der Waals surface area contributed by atoms with Gasteiger partial charge in [-0.05, 0) is 18.6 Å². The molecule has 0 N–H and O–H groups in total. The lowest BCUT2D eigenvalue weighted by Gasteiger charge is -2.08. The highest BCUT2D eigenvalue weighted by Gasteiger charge is 2.07. The van der Waals surface area contributed by atoms with Crippen LogP contribution in [0.5, 0.6) is 5.75 Å². The molecule has 1 heterocycles. The fourth-order valence-corrected chi connectivity index (χ4v) is 1.41. The Morgan fingerprint density at radius 3 is 2.94 bits per heavy atom. The smallest absolute Gasteiger partial charge is 0.167 e. The van der Waals surface area contributed by atoms with Crippen LogP contribution in [0, 0.1) is 12.7 Å². The Balaban J connectivity index is 2.11. The maximum Gasteiger partial charge on any atom is 0.167 e. The second-order valence-electron chi connectivity index (χ2n) is 3.63. The molecule has 2 rings (SSSR count). The number of ether oxygens (including phenoxy) is 1. The largest absolute Gasteiger partial charge is 0.483 e. The highest BCUT2D eigenvalue weighted by Crippen LogP contribution is 2.20. The molecule has 0 bridgehead atoms. The van der Waals surface area contributed by atoms with Crippen molar-refractivity contribution in [2.45, 2.75) is 13.5 Å². The van der Waals surface area contributed by atoms with Crippen LogP contribution in [0.4, 0.5) is 4.39 Å². The molecule has 0 atom stereocenters. The van der Waals surface area contributed by atoms with Gasteiger partial charge in [0.1, 0.15) is 12.4 Å². The van der Waals surface area contributed by atoms with Gasteiger partial charge in [0.2, 0.25) is 0 Å². The van der Waals surface area contributed by atoms with Crippen molar-refractivity contribution in [1.29, 1.82) is 0 Å². The summed E-state index contributed by atoms with van der Waals surface area (Å²) in [5.74, 6) is 0.723. The quantitative estimate of drug-likeness (QED) is 0.794. The fraction of sp³-hybridized carbons (Fsp3) is 0.250. The Hall–Kier alpha value is -1.84. The molecular formula is C12H13FN2O. The third-order valence-electron chi connectivity index (χ3n) is 2.43. The van der Waals surface area contributed by atoms with E-state index in [9.17, 15) is 4.39 Å². The number of nitrogens with zero attached hydrogens (tertiary/aromatic N) is 2. The first-order valence-corrected chi connectivity index (χ1v) is 5.02. The SMILES string of the molecule is Cc1cccc(OCc2nccn2C)c1F. The van der Waals surface area contributed by atoms with Crippen LogP contribution in [-0.4, -0.2) is 9.55 Å². The molecule has 2 aromatic rings. The lowest BCUT2D eigenvalue weighted by Crippen LogP contribution is -2.04. The molecule has 1 aromatic carbocycles. The van der Waals surface area contributed by atoms with Crippen LogP contribution in [-0.2, 0) is 13.7 Å². The van der Waals surface area contributed by atoms with Gasteiger partial charge < -0.3 is 9.30 Å². The van der Waals surface area contributed by atoms with E-state index >= 15 is 0 Å². The number of rotatable bonds is 3. The third kappa shape index (κ3) is 2.05. The van der Waals surface area contributed by atoms with Crippen molar-refractivity contribution >= 4 is 0 Å². The molecule has 0 fully saturated rings. The van der Waals surface area contributed by atoms with Crippen molar-refractivity contribution in [3.05, 3.63) is 47.8 Å². The predicted molar refractivity (Wildman–Crippen MR) is 58.7 cm³/mol. The van der Waals surface area contributed by atoms with Gasteiger partial charge >= 0.3 is 0 Å². The number of halogens is 1. The van der Waals surface area contributed by atoms with Crippen LogP contribution in [0.1, 0.15) is 11.4 Å². The van der Waals surface area contributed by atoms with Crippen LogP contribution in [0.25, 0.3) is 0 Å². The Morgan fingerprint density at radius 1 is 1.44 bits per heavy atom. The minimum Gasteiger partial charge on any atom is -0.483 e. The lowest BCUT2D eigenvalue weighted by atomic mass is 10.2. The molecule has 0 saturated carbocycles. The summed E-state index contributed by atoms with van der Waals surface area (Å²) < 4.78 is 20.8. The fourth-order valence-electron chi connectivity index (χ4n) is 1.41. The second-order valence-corrected chi connectivity index (χ2v) is 3.63. The average molecular weight is 220 g/mol. The van der Waals surface area contributed by atoms with Gasteiger partial charge in [-0.1, -0.05) is 12.1 Å². The van der Waals surface area contributed by atoms with Crippen molar-refractivity contribution in [3.63, 3.8) is 0 Å². The van der Waals surface area contributed by atoms with Crippen LogP contribution in [0.2, 0.25) is 0 Å². The van der Waals surface area contributed by atoms with Crippen molar-refractivity contribution in [2.75, 3.05) is 0 Å². The first-order chi connectivity index (χ1) is 7.68. The van der Waals surface area contributed by atoms with Crippen LogP contribution >= 0.6 is 0 Å². The van der Waals surface area contributed by atoms with Gasteiger partial charge in [0.05, 0.1) is 0 Å². The lowest BCUT2D eigenvalue weighted by molar-refractivity contribution is 0.277. The summed E-state index contributed by atoms with van der Waals surface area (Å²) in [6.07, 6.45) is 3.51. The van der Waals surface area contributed by atoms with Gasteiger partial charge in [-0.25, -0.2) is 9.37 Å². The van der Waals surface area contributed by atoms with E-state index in [2.05, 4.69) is 4.98 Å². The van der Waals surface area contributed by atoms with E-state index in [-0.39, 0.29) is 18.2 Å². The Bertz CT molecular complexity index is 494. The molecule has 1 aromatic heterocycles. The number of hydrogen-bond donors (Lipinski definition) is 0. The van der Waals surface area contributed by atoms with Gasteiger partial charge in [-0.2, -0.15) is 0 Å². The van der Waals surface area contributed by atoms with Crippen LogP contribution in [0.3, 0.4) is 0 Å². The molecule has 0 saturated heterocycles. The zero-order valence-corrected chi connectivity index (χ0v) is 9.27. The molecule has 0 aliphatic rings. The normalized spacial score (nSPS) is 10.4. The molecule has 3 nitrogen and oxygen atoms in total. The minimum absolute atomic E-state index is 0.267. The first-order valence-electron chi connectivity index (χ1n) is 5.02. The highest BCUT2D eigenvalue weighted by atomic mass is 19.1.